The molecule has 0 spiro atoms. The second-order valence-corrected chi connectivity index (χ2v) is 7.04. The number of amides is 2. The fourth-order valence-electron chi connectivity index (χ4n) is 3.51. The van der Waals surface area contributed by atoms with Gasteiger partial charge in [0.05, 0.1) is 11.8 Å². The van der Waals surface area contributed by atoms with E-state index in [1.54, 1.807) is 11.8 Å². The average molecular weight is 384 g/mol. The molecule has 2 N–H and O–H groups in total. The number of carbonyl (C=O) groups is 3. The molecule has 1 fully saturated rings. The summed E-state index contributed by atoms with van der Waals surface area (Å²) in [5.74, 6) is -1.60. The highest BCUT2D eigenvalue weighted by Crippen LogP contribution is 2.19. The fourth-order valence-corrected chi connectivity index (χ4v) is 3.51. The molecule has 28 heavy (non-hydrogen) atoms. The molecule has 1 aromatic carbocycles. The summed E-state index contributed by atoms with van der Waals surface area (Å²) in [4.78, 5) is 38.7. The predicted octanol–water partition coefficient (Wildman–Crippen LogP) is 2.18. The number of hydrogen-bond acceptors (Lipinski definition) is 4. The monoisotopic (exact) mass is 384 g/mol. The van der Waals surface area contributed by atoms with Crippen LogP contribution in [0.3, 0.4) is 0 Å². The number of carboxylic acid groups (broad SMARTS) is 1. The molecule has 1 aliphatic rings. The van der Waals surface area contributed by atoms with Crippen LogP contribution < -0.4 is 5.32 Å². The average Bonchev–Trinajstić information content (AvgIpc) is 3.31. The molecular formula is C21H24N2O5. The number of rotatable bonds is 7. The Balaban J connectivity index is 1.82. The second kappa shape index (κ2) is 8.73. The third-order valence-electron chi connectivity index (χ3n) is 4.89. The smallest absolute Gasteiger partial charge is 0.311 e. The predicted molar refractivity (Wildman–Crippen MR) is 102 cm³/mol. The van der Waals surface area contributed by atoms with E-state index in [1.807, 2.05) is 30.3 Å². The summed E-state index contributed by atoms with van der Waals surface area (Å²) < 4.78 is 5.25. The fraction of sp³-hybridized carbons (Fsp3) is 0.381. The van der Waals surface area contributed by atoms with Crippen LogP contribution in [0.4, 0.5) is 0 Å². The van der Waals surface area contributed by atoms with Crippen molar-refractivity contribution in [3.63, 3.8) is 0 Å². The highest BCUT2D eigenvalue weighted by molar-refractivity contribution is 6.00. The minimum atomic E-state index is -1.09. The van der Waals surface area contributed by atoms with Gasteiger partial charge < -0.3 is 19.7 Å². The number of nitrogens with one attached hydrogen (secondary N) is 1. The molecule has 3 rings (SSSR count). The molecule has 2 aromatic rings. The number of aryl methyl sites for hydroxylation is 1. The molecule has 1 saturated heterocycles. The summed E-state index contributed by atoms with van der Waals surface area (Å²) in [5, 5.41) is 11.9. The number of hydrogen-bond donors (Lipinski definition) is 2. The summed E-state index contributed by atoms with van der Waals surface area (Å²) in [7, 11) is 0. The molecule has 7 nitrogen and oxygen atoms in total. The number of furan rings is 1. The molecule has 1 unspecified atom stereocenters. The summed E-state index contributed by atoms with van der Waals surface area (Å²) in [6.07, 6.45) is 3.26. The van der Waals surface area contributed by atoms with Crippen LogP contribution in [0, 0.1) is 6.92 Å². The highest BCUT2D eigenvalue weighted by atomic mass is 16.4. The lowest BCUT2D eigenvalue weighted by molar-refractivity contribution is -0.136. The van der Waals surface area contributed by atoms with E-state index in [9.17, 15) is 14.4 Å². The number of nitrogens with zero attached hydrogens (tertiary/aromatic N) is 1. The molecule has 0 radical (unpaired) electrons. The molecule has 148 valence electrons. The maximum atomic E-state index is 13.0. The first-order valence-corrected chi connectivity index (χ1v) is 9.38. The van der Waals surface area contributed by atoms with Crippen molar-refractivity contribution in [3.05, 3.63) is 59.0 Å². The Kier molecular flexibility index (Phi) is 6.13. The van der Waals surface area contributed by atoms with Gasteiger partial charge in [0.15, 0.2) is 0 Å². The Hall–Kier alpha value is -3.09. The quantitative estimate of drug-likeness (QED) is 0.762. The zero-order valence-corrected chi connectivity index (χ0v) is 15.8. The van der Waals surface area contributed by atoms with E-state index >= 15 is 0 Å². The molecule has 1 aromatic heterocycles. The lowest BCUT2D eigenvalue weighted by atomic mass is 10.0. The summed E-state index contributed by atoms with van der Waals surface area (Å²) >= 11 is 0. The van der Waals surface area contributed by atoms with E-state index in [1.165, 1.54) is 6.26 Å². The van der Waals surface area contributed by atoms with Crippen LogP contribution in [0.15, 0.2) is 41.0 Å². The van der Waals surface area contributed by atoms with Crippen LogP contribution in [-0.4, -0.2) is 46.9 Å². The molecule has 0 saturated carbocycles. The van der Waals surface area contributed by atoms with Gasteiger partial charge in [0.25, 0.3) is 5.91 Å². The molecule has 1 aliphatic heterocycles. The Morgan fingerprint density at radius 1 is 1.18 bits per heavy atom. The van der Waals surface area contributed by atoms with Crippen LogP contribution >= 0.6 is 0 Å². The summed E-state index contributed by atoms with van der Waals surface area (Å²) in [6.45, 7) is 3.06. The van der Waals surface area contributed by atoms with E-state index in [0.29, 0.717) is 25.1 Å². The van der Waals surface area contributed by atoms with Gasteiger partial charge in [-0.25, -0.2) is 0 Å². The van der Waals surface area contributed by atoms with Gasteiger partial charge in [0, 0.05) is 25.1 Å². The first-order chi connectivity index (χ1) is 13.5. The van der Waals surface area contributed by atoms with Gasteiger partial charge in [-0.2, -0.15) is 0 Å². The molecular weight excluding hydrogens is 360 g/mol. The van der Waals surface area contributed by atoms with Crippen LogP contribution in [0.25, 0.3) is 0 Å². The SMILES string of the molecule is Cc1coc(CC(=O)O)c1C(=O)NC(Cc1ccccc1)C(=O)N1CCCC1. The minimum Gasteiger partial charge on any atom is -0.481 e. The standard InChI is InChI=1S/C21H24N2O5/c1-14-13-28-17(12-18(24)25)19(14)20(26)22-16(11-15-7-3-2-4-8-15)21(27)23-9-5-6-10-23/h2-4,7-8,13,16H,5-6,9-12H2,1H3,(H,22,26)(H,24,25). The van der Waals surface area contributed by atoms with Gasteiger partial charge in [-0.3, -0.25) is 14.4 Å². The Morgan fingerprint density at radius 2 is 1.86 bits per heavy atom. The minimum absolute atomic E-state index is 0.0922. The van der Waals surface area contributed by atoms with Crippen LogP contribution in [0.1, 0.15) is 40.1 Å². The number of aliphatic carboxylic acids is 1. The van der Waals surface area contributed by atoms with Crippen LogP contribution in [0.2, 0.25) is 0 Å². The van der Waals surface area contributed by atoms with Gasteiger partial charge in [-0.05, 0) is 25.3 Å². The normalized spacial score (nSPS) is 14.7. The van der Waals surface area contributed by atoms with Gasteiger partial charge in [0.1, 0.15) is 18.2 Å². The van der Waals surface area contributed by atoms with E-state index in [2.05, 4.69) is 5.32 Å². The molecule has 0 aliphatic carbocycles. The largest absolute Gasteiger partial charge is 0.481 e. The number of carboxylic acids is 1. The van der Waals surface area contributed by atoms with Gasteiger partial charge in [-0.15, -0.1) is 0 Å². The van der Waals surface area contributed by atoms with E-state index in [0.717, 1.165) is 18.4 Å². The van der Waals surface area contributed by atoms with Crippen molar-refractivity contribution in [1.29, 1.82) is 0 Å². The third kappa shape index (κ3) is 4.60. The Labute approximate surface area is 163 Å². The van der Waals surface area contributed by atoms with E-state index in [-0.39, 0.29) is 23.7 Å². The zero-order chi connectivity index (χ0) is 20.1. The van der Waals surface area contributed by atoms with Crippen molar-refractivity contribution in [1.82, 2.24) is 10.2 Å². The third-order valence-corrected chi connectivity index (χ3v) is 4.89. The maximum Gasteiger partial charge on any atom is 0.311 e. The van der Waals surface area contributed by atoms with Gasteiger partial charge >= 0.3 is 5.97 Å². The highest BCUT2D eigenvalue weighted by Gasteiger charge is 2.30. The van der Waals surface area contributed by atoms with Crippen molar-refractivity contribution in [2.45, 2.75) is 38.6 Å². The van der Waals surface area contributed by atoms with Crippen molar-refractivity contribution in [3.8, 4) is 0 Å². The number of carbonyl (C=O) groups excluding carboxylic acids is 2. The number of benzene rings is 1. The van der Waals surface area contributed by atoms with Gasteiger partial charge in [0.2, 0.25) is 5.91 Å². The van der Waals surface area contributed by atoms with Crippen molar-refractivity contribution in [2.24, 2.45) is 0 Å². The lowest BCUT2D eigenvalue weighted by Crippen LogP contribution is -2.49. The molecule has 7 heteroatoms. The van der Waals surface area contributed by atoms with Crippen LogP contribution in [0.5, 0.6) is 0 Å². The van der Waals surface area contributed by atoms with Crippen LogP contribution in [-0.2, 0) is 22.4 Å². The van der Waals surface area contributed by atoms with Crippen molar-refractivity contribution >= 4 is 17.8 Å². The Bertz CT molecular complexity index is 853. The zero-order valence-electron chi connectivity index (χ0n) is 15.8. The number of likely N-dealkylation sites (tertiary alicyclic amines) is 1. The second-order valence-electron chi connectivity index (χ2n) is 7.04. The lowest BCUT2D eigenvalue weighted by Gasteiger charge is -2.24. The van der Waals surface area contributed by atoms with Gasteiger partial charge in [-0.1, -0.05) is 30.3 Å². The molecule has 0 bridgehead atoms. The molecule has 1 atom stereocenters. The maximum absolute atomic E-state index is 13.0. The summed E-state index contributed by atoms with van der Waals surface area (Å²) in [5.41, 5.74) is 1.67. The molecule has 2 heterocycles. The van der Waals surface area contributed by atoms with Crippen molar-refractivity contribution in [2.75, 3.05) is 13.1 Å². The van der Waals surface area contributed by atoms with Crippen molar-refractivity contribution < 1.29 is 23.9 Å². The first kappa shape index (κ1) is 19.7. The Morgan fingerprint density at radius 3 is 2.50 bits per heavy atom. The van der Waals surface area contributed by atoms with E-state index < -0.39 is 17.9 Å². The van der Waals surface area contributed by atoms with E-state index in [4.69, 9.17) is 9.52 Å². The summed E-state index contributed by atoms with van der Waals surface area (Å²) in [6, 6.07) is 8.77. The molecule has 2 amide bonds. The topological polar surface area (TPSA) is 99.8 Å². The first-order valence-electron chi connectivity index (χ1n) is 9.38.